The van der Waals surface area contributed by atoms with Crippen molar-refractivity contribution in [1.82, 2.24) is 30.0 Å². The summed E-state index contributed by atoms with van der Waals surface area (Å²) in [7, 11) is 3.29. The van der Waals surface area contributed by atoms with Gasteiger partial charge in [-0.15, -0.1) is 23.4 Å². The molecule has 2 N–H and O–H groups in total. The van der Waals surface area contributed by atoms with E-state index >= 15 is 0 Å². The first-order valence-corrected chi connectivity index (χ1v) is 20.9. The molecule has 6 aromatic rings. The van der Waals surface area contributed by atoms with Crippen LogP contribution in [0.15, 0.2) is 111 Å². The molecule has 12 rings (SSSR count). The van der Waals surface area contributed by atoms with Crippen molar-refractivity contribution in [3.63, 3.8) is 0 Å². The maximum absolute atomic E-state index is 12.0. The highest BCUT2D eigenvalue weighted by atomic mass is 16.5. The molecule has 3 aromatic carbocycles. The van der Waals surface area contributed by atoms with E-state index in [2.05, 4.69) is 43.1 Å². The number of aliphatic hydroxyl groups is 2. The van der Waals surface area contributed by atoms with Crippen LogP contribution in [-0.4, -0.2) is 105 Å². The van der Waals surface area contributed by atoms with Crippen molar-refractivity contribution in [3.8, 4) is 23.3 Å². The predicted molar refractivity (Wildman–Crippen MR) is 229 cm³/mol. The standard InChI is InChI=1S/C48H50N6O6/c1-5-27-23-53-25-43(35(27)21-41(53)45(55)31-15-17-49-39-13-11-29(57-3)19-37(31)39)59-47-33-9-7-8-10-34(33)48(52-51-47)60-44-26-54-24-28(6-2)36(44)22-42(54)46(56)32-16-18-50-40-14-12-30(58-4)20-38(32)40/h5-20,27-28,35-36,41-46,55-56H,1-2,21-26H2,3-4H3/t27-,28-,35?,36?,41-,42-,43?,44?,45+,46+/m0/s1. The molecule has 12 nitrogen and oxygen atoms in total. The number of hydrogen-bond donors (Lipinski definition) is 2. The smallest absolute Gasteiger partial charge is 0.242 e. The number of aliphatic hydroxyl groups excluding tert-OH is 2. The number of ether oxygens (including phenoxy) is 4. The quantitative estimate of drug-likeness (QED) is 0.127. The summed E-state index contributed by atoms with van der Waals surface area (Å²) >= 11 is 0. The van der Waals surface area contributed by atoms with Crippen LogP contribution in [0.25, 0.3) is 32.6 Å². The Hall–Kier alpha value is -5.66. The SMILES string of the molecule is C=C[C@H]1CN2CC(Oc3nnc(OC4CN5C[C@H](C=C)C4C[C@H]5[C@H](O)c4ccnc5ccc(OC)cc45)c4ccccc34)C1C[C@H]2[C@H](O)c1ccnc2ccc(OC)cc12. The summed E-state index contributed by atoms with van der Waals surface area (Å²) < 4.78 is 24.7. The van der Waals surface area contributed by atoms with Gasteiger partial charge in [0, 0.05) is 73.3 Å². The third-order valence-electron chi connectivity index (χ3n) is 13.8. The summed E-state index contributed by atoms with van der Waals surface area (Å²) in [5.74, 6) is 3.00. The van der Waals surface area contributed by atoms with Gasteiger partial charge in [-0.25, -0.2) is 0 Å². The topological polar surface area (TPSA) is 135 Å². The molecule has 308 valence electrons. The maximum atomic E-state index is 12.0. The number of methoxy groups -OCH3 is 2. The predicted octanol–water partition coefficient (Wildman–Crippen LogP) is 6.72. The number of rotatable bonds is 12. The number of nitrogens with zero attached hydrogens (tertiary/aromatic N) is 6. The lowest BCUT2D eigenvalue weighted by molar-refractivity contribution is -0.101. The first-order chi connectivity index (χ1) is 29.3. The largest absolute Gasteiger partial charge is 0.497 e. The van der Waals surface area contributed by atoms with Crippen LogP contribution in [-0.2, 0) is 0 Å². The second kappa shape index (κ2) is 15.7. The van der Waals surface area contributed by atoms with Gasteiger partial charge in [-0.05, 0) is 96.5 Å². The molecule has 6 unspecified atom stereocenters. The third kappa shape index (κ3) is 6.62. The summed E-state index contributed by atoms with van der Waals surface area (Å²) in [6.07, 6.45) is 7.22. The third-order valence-corrected chi connectivity index (χ3v) is 13.8. The summed E-state index contributed by atoms with van der Waals surface area (Å²) in [6.45, 7) is 11.2. The van der Waals surface area contributed by atoms with E-state index in [1.165, 1.54) is 0 Å². The van der Waals surface area contributed by atoms with Crippen LogP contribution in [0, 0.1) is 23.7 Å². The molecule has 6 aliphatic rings. The Morgan fingerprint density at radius 1 is 0.617 bits per heavy atom. The molecule has 60 heavy (non-hydrogen) atoms. The highest BCUT2D eigenvalue weighted by Crippen LogP contribution is 2.46. The molecule has 0 radical (unpaired) electrons. The molecule has 6 fully saturated rings. The molecule has 4 bridgehead atoms. The number of pyridine rings is 2. The molecule has 0 spiro atoms. The van der Waals surface area contributed by atoms with Crippen LogP contribution >= 0.6 is 0 Å². The van der Waals surface area contributed by atoms with Gasteiger partial charge in [0.05, 0.1) is 48.2 Å². The zero-order chi connectivity index (χ0) is 41.1. The Balaban J connectivity index is 0.875. The minimum atomic E-state index is -0.723. The Labute approximate surface area is 349 Å². The van der Waals surface area contributed by atoms with Crippen molar-refractivity contribution < 1.29 is 29.2 Å². The molecular weight excluding hydrogens is 757 g/mol. The molecule has 6 saturated heterocycles. The number of aromatic nitrogens is 4. The van der Waals surface area contributed by atoms with Crippen molar-refractivity contribution >= 4 is 32.6 Å². The van der Waals surface area contributed by atoms with Gasteiger partial charge < -0.3 is 29.2 Å². The fourth-order valence-corrected chi connectivity index (χ4v) is 10.7. The fourth-order valence-electron chi connectivity index (χ4n) is 10.7. The average Bonchev–Trinajstić information content (AvgIpc) is 3.30. The average molecular weight is 807 g/mol. The molecule has 3 aromatic heterocycles. The van der Waals surface area contributed by atoms with E-state index in [-0.39, 0.29) is 48.0 Å². The van der Waals surface area contributed by atoms with Gasteiger partial charge in [-0.3, -0.25) is 19.8 Å². The maximum Gasteiger partial charge on any atom is 0.242 e. The van der Waals surface area contributed by atoms with Crippen LogP contribution in [0.1, 0.15) is 36.2 Å². The van der Waals surface area contributed by atoms with E-state index in [0.717, 1.165) is 81.1 Å². The highest BCUT2D eigenvalue weighted by Gasteiger charge is 2.50. The van der Waals surface area contributed by atoms with E-state index in [0.29, 0.717) is 24.8 Å². The van der Waals surface area contributed by atoms with E-state index in [9.17, 15) is 10.2 Å². The summed E-state index contributed by atoms with van der Waals surface area (Å²) in [5.41, 5.74) is 3.32. The first-order valence-electron chi connectivity index (χ1n) is 20.9. The van der Waals surface area contributed by atoms with Crippen LogP contribution in [0.4, 0.5) is 0 Å². The molecular formula is C48H50N6O6. The Bertz CT molecular complexity index is 2410. The summed E-state index contributed by atoms with van der Waals surface area (Å²) in [6, 6.07) is 23.2. The molecule has 0 amide bonds. The minimum Gasteiger partial charge on any atom is -0.497 e. The molecule has 6 aliphatic heterocycles. The van der Waals surface area contributed by atoms with E-state index in [1.807, 2.05) is 84.9 Å². The second-order valence-corrected chi connectivity index (χ2v) is 16.8. The van der Waals surface area contributed by atoms with E-state index in [1.54, 1.807) is 26.6 Å². The van der Waals surface area contributed by atoms with Crippen molar-refractivity contribution in [2.45, 2.75) is 49.3 Å². The van der Waals surface area contributed by atoms with Gasteiger partial charge >= 0.3 is 0 Å². The normalized spacial score (nSPS) is 29.3. The lowest BCUT2D eigenvalue weighted by Crippen LogP contribution is -2.62. The van der Waals surface area contributed by atoms with Crippen LogP contribution in [0.2, 0.25) is 0 Å². The zero-order valence-corrected chi connectivity index (χ0v) is 33.9. The molecule has 0 saturated carbocycles. The van der Waals surface area contributed by atoms with Gasteiger partial charge in [0.1, 0.15) is 23.7 Å². The van der Waals surface area contributed by atoms with Crippen molar-refractivity contribution in [1.29, 1.82) is 0 Å². The van der Waals surface area contributed by atoms with Crippen LogP contribution in [0.3, 0.4) is 0 Å². The van der Waals surface area contributed by atoms with Crippen molar-refractivity contribution in [2.24, 2.45) is 23.7 Å². The van der Waals surface area contributed by atoms with Crippen LogP contribution < -0.4 is 18.9 Å². The number of hydrogen-bond acceptors (Lipinski definition) is 12. The van der Waals surface area contributed by atoms with E-state index < -0.39 is 12.2 Å². The number of fused-ring (bicyclic) bond motifs is 9. The number of benzene rings is 3. The monoisotopic (exact) mass is 806 g/mol. The molecule has 9 heterocycles. The highest BCUT2D eigenvalue weighted by molar-refractivity contribution is 5.90. The minimum absolute atomic E-state index is 0.101. The van der Waals surface area contributed by atoms with E-state index in [4.69, 9.17) is 18.9 Å². The fraction of sp³-hybridized carbons (Fsp3) is 0.375. The summed E-state index contributed by atoms with van der Waals surface area (Å²) in [4.78, 5) is 13.7. The van der Waals surface area contributed by atoms with Gasteiger partial charge in [-0.1, -0.05) is 24.3 Å². The van der Waals surface area contributed by atoms with Crippen molar-refractivity contribution in [3.05, 3.63) is 122 Å². The molecule has 12 atom stereocenters. The molecule has 0 aliphatic carbocycles. The van der Waals surface area contributed by atoms with Crippen LogP contribution in [0.5, 0.6) is 23.3 Å². The van der Waals surface area contributed by atoms with Gasteiger partial charge in [0.25, 0.3) is 0 Å². The first kappa shape index (κ1) is 38.5. The Morgan fingerprint density at radius 3 is 1.47 bits per heavy atom. The van der Waals surface area contributed by atoms with Crippen molar-refractivity contribution in [2.75, 3.05) is 40.4 Å². The second-order valence-electron chi connectivity index (χ2n) is 16.8. The Morgan fingerprint density at radius 2 is 1.07 bits per heavy atom. The zero-order valence-electron chi connectivity index (χ0n) is 33.9. The Kier molecular flexibility index (Phi) is 10.1. The van der Waals surface area contributed by atoms with Gasteiger partial charge in [-0.2, -0.15) is 0 Å². The summed E-state index contributed by atoms with van der Waals surface area (Å²) in [5, 5.41) is 36.7. The number of piperidine rings is 6. The lowest BCUT2D eigenvalue weighted by Gasteiger charge is -2.53. The van der Waals surface area contributed by atoms with Gasteiger partial charge in [0.15, 0.2) is 0 Å². The molecule has 12 heteroatoms. The van der Waals surface area contributed by atoms with Gasteiger partial charge in [0.2, 0.25) is 11.8 Å². The lowest BCUT2D eigenvalue weighted by atomic mass is 9.72.